The molecule has 0 unspecified atom stereocenters. The lowest BCUT2D eigenvalue weighted by molar-refractivity contribution is 0.0955. The van der Waals surface area contributed by atoms with E-state index in [1.165, 1.54) is 0 Å². The van der Waals surface area contributed by atoms with Crippen molar-refractivity contribution in [3.05, 3.63) is 46.4 Å². The molecule has 1 amide bonds. The van der Waals surface area contributed by atoms with Gasteiger partial charge in [0.1, 0.15) is 0 Å². The largest absolute Gasteiger partial charge is 0.351 e. The van der Waals surface area contributed by atoms with E-state index >= 15 is 0 Å². The molecule has 0 aromatic heterocycles. The van der Waals surface area contributed by atoms with E-state index in [9.17, 15) is 4.79 Å². The zero-order chi connectivity index (χ0) is 14.4. The van der Waals surface area contributed by atoms with Gasteiger partial charge in [0.25, 0.3) is 5.91 Å². The van der Waals surface area contributed by atoms with Gasteiger partial charge in [0.2, 0.25) is 0 Å². The van der Waals surface area contributed by atoms with Crippen molar-refractivity contribution in [2.75, 3.05) is 19.6 Å². The fraction of sp³-hybridized carbons (Fsp3) is 0.312. The Morgan fingerprint density at radius 2 is 1.95 bits per heavy atom. The Morgan fingerprint density at radius 3 is 2.75 bits per heavy atom. The second-order valence-corrected chi connectivity index (χ2v) is 5.60. The Balaban J connectivity index is 2.09. The van der Waals surface area contributed by atoms with Crippen LogP contribution >= 0.6 is 15.9 Å². The first kappa shape index (κ1) is 15.0. The van der Waals surface area contributed by atoms with Crippen LogP contribution in [0.2, 0.25) is 0 Å². The van der Waals surface area contributed by atoms with E-state index in [4.69, 9.17) is 0 Å². The molecule has 2 N–H and O–H groups in total. The molecule has 0 bridgehead atoms. The second-order valence-electron chi connectivity index (χ2n) is 4.68. The number of carbonyl (C=O) groups is 1. The highest BCUT2D eigenvalue weighted by atomic mass is 79.9. The summed E-state index contributed by atoms with van der Waals surface area (Å²) in [6.45, 7) is 4.54. The first-order valence-electron chi connectivity index (χ1n) is 6.89. The van der Waals surface area contributed by atoms with Crippen molar-refractivity contribution in [3.8, 4) is 0 Å². The fourth-order valence-electron chi connectivity index (χ4n) is 2.12. The van der Waals surface area contributed by atoms with Crippen molar-refractivity contribution >= 4 is 32.6 Å². The van der Waals surface area contributed by atoms with Crippen LogP contribution in [0.1, 0.15) is 23.7 Å². The average Bonchev–Trinajstić information content (AvgIpc) is 2.46. The summed E-state index contributed by atoms with van der Waals surface area (Å²) >= 11 is 3.46. The standard InChI is InChI=1S/C16H19BrN2O/c1-2-7-18-8-9-19-16(20)15-11-13(17)10-12-5-3-4-6-14(12)15/h3-6,10-11,18H,2,7-9H2,1H3,(H,19,20). The molecule has 0 aliphatic carbocycles. The van der Waals surface area contributed by atoms with Gasteiger partial charge in [0, 0.05) is 23.1 Å². The van der Waals surface area contributed by atoms with Crippen LogP contribution < -0.4 is 10.6 Å². The van der Waals surface area contributed by atoms with Crippen LogP contribution in [0.25, 0.3) is 10.8 Å². The van der Waals surface area contributed by atoms with E-state index < -0.39 is 0 Å². The molecule has 0 fully saturated rings. The molecule has 0 atom stereocenters. The fourth-order valence-corrected chi connectivity index (χ4v) is 2.60. The molecular formula is C16H19BrN2O. The molecular weight excluding hydrogens is 316 g/mol. The summed E-state index contributed by atoms with van der Waals surface area (Å²) in [5.74, 6) is -0.0270. The lowest BCUT2D eigenvalue weighted by Gasteiger charge is -2.09. The van der Waals surface area contributed by atoms with Gasteiger partial charge in [-0.25, -0.2) is 0 Å². The summed E-state index contributed by atoms with van der Waals surface area (Å²) in [7, 11) is 0. The van der Waals surface area contributed by atoms with E-state index in [1.54, 1.807) is 0 Å². The monoisotopic (exact) mass is 334 g/mol. The molecule has 0 aliphatic heterocycles. The Kier molecular flexibility index (Phi) is 5.56. The Labute approximate surface area is 127 Å². The van der Waals surface area contributed by atoms with E-state index in [0.29, 0.717) is 12.1 Å². The molecule has 3 nitrogen and oxygen atoms in total. The highest BCUT2D eigenvalue weighted by Crippen LogP contribution is 2.24. The summed E-state index contributed by atoms with van der Waals surface area (Å²) < 4.78 is 0.922. The van der Waals surface area contributed by atoms with Crippen LogP contribution in [0, 0.1) is 0 Å². The maximum absolute atomic E-state index is 12.3. The molecule has 0 saturated heterocycles. The van der Waals surface area contributed by atoms with Gasteiger partial charge in [-0.1, -0.05) is 47.1 Å². The third-order valence-electron chi connectivity index (χ3n) is 3.09. The highest BCUT2D eigenvalue weighted by Gasteiger charge is 2.10. The van der Waals surface area contributed by atoms with Crippen molar-refractivity contribution in [1.29, 1.82) is 0 Å². The Hall–Kier alpha value is -1.39. The van der Waals surface area contributed by atoms with E-state index in [0.717, 1.165) is 34.8 Å². The smallest absolute Gasteiger partial charge is 0.251 e. The predicted octanol–water partition coefficient (Wildman–Crippen LogP) is 3.33. The number of amides is 1. The number of nitrogens with one attached hydrogen (secondary N) is 2. The minimum Gasteiger partial charge on any atom is -0.351 e. The molecule has 2 rings (SSSR count). The van der Waals surface area contributed by atoms with E-state index in [-0.39, 0.29) is 5.91 Å². The van der Waals surface area contributed by atoms with Crippen LogP contribution in [0.15, 0.2) is 40.9 Å². The van der Waals surface area contributed by atoms with Gasteiger partial charge in [-0.3, -0.25) is 4.79 Å². The number of rotatable bonds is 6. The van der Waals surface area contributed by atoms with Crippen molar-refractivity contribution in [3.63, 3.8) is 0 Å². The number of carbonyl (C=O) groups excluding carboxylic acids is 1. The lowest BCUT2D eigenvalue weighted by Crippen LogP contribution is -2.32. The first-order chi connectivity index (χ1) is 9.72. The summed E-state index contributed by atoms with van der Waals surface area (Å²) in [5, 5.41) is 8.27. The van der Waals surface area contributed by atoms with Crippen LogP contribution in [-0.4, -0.2) is 25.5 Å². The van der Waals surface area contributed by atoms with Crippen molar-refractivity contribution in [2.45, 2.75) is 13.3 Å². The van der Waals surface area contributed by atoms with E-state index in [1.807, 2.05) is 36.4 Å². The van der Waals surface area contributed by atoms with E-state index in [2.05, 4.69) is 33.5 Å². The SMILES string of the molecule is CCCNCCNC(=O)c1cc(Br)cc2ccccc12. The minimum atomic E-state index is -0.0270. The van der Waals surface area contributed by atoms with Gasteiger partial charge in [0.05, 0.1) is 0 Å². The number of benzene rings is 2. The topological polar surface area (TPSA) is 41.1 Å². The zero-order valence-electron chi connectivity index (χ0n) is 11.6. The molecule has 20 heavy (non-hydrogen) atoms. The molecule has 0 saturated carbocycles. The van der Waals surface area contributed by atoms with Crippen molar-refractivity contribution < 1.29 is 4.79 Å². The summed E-state index contributed by atoms with van der Waals surface area (Å²) in [6, 6.07) is 11.8. The summed E-state index contributed by atoms with van der Waals surface area (Å²) in [5.41, 5.74) is 0.713. The predicted molar refractivity (Wildman–Crippen MR) is 87.1 cm³/mol. The molecule has 0 aliphatic rings. The molecule has 2 aromatic rings. The zero-order valence-corrected chi connectivity index (χ0v) is 13.2. The molecule has 0 spiro atoms. The molecule has 4 heteroatoms. The van der Waals surface area contributed by atoms with Crippen LogP contribution in [0.3, 0.4) is 0 Å². The third-order valence-corrected chi connectivity index (χ3v) is 3.54. The van der Waals surface area contributed by atoms with Gasteiger partial charge < -0.3 is 10.6 Å². The van der Waals surface area contributed by atoms with Gasteiger partial charge in [-0.2, -0.15) is 0 Å². The molecule has 2 aromatic carbocycles. The van der Waals surface area contributed by atoms with Gasteiger partial charge in [-0.15, -0.1) is 0 Å². The maximum atomic E-state index is 12.3. The number of fused-ring (bicyclic) bond motifs is 1. The molecule has 0 radical (unpaired) electrons. The third kappa shape index (κ3) is 3.81. The lowest BCUT2D eigenvalue weighted by atomic mass is 10.0. The van der Waals surface area contributed by atoms with Crippen LogP contribution in [0.4, 0.5) is 0 Å². The van der Waals surface area contributed by atoms with Crippen molar-refractivity contribution in [2.24, 2.45) is 0 Å². The number of hydrogen-bond donors (Lipinski definition) is 2. The van der Waals surface area contributed by atoms with Gasteiger partial charge in [-0.05, 0) is 35.9 Å². The normalized spacial score (nSPS) is 10.7. The number of halogens is 1. The molecule has 0 heterocycles. The Bertz CT molecular complexity index is 598. The minimum absolute atomic E-state index is 0.0270. The van der Waals surface area contributed by atoms with Crippen LogP contribution in [0.5, 0.6) is 0 Å². The summed E-state index contributed by atoms with van der Waals surface area (Å²) in [6.07, 6.45) is 1.10. The van der Waals surface area contributed by atoms with Crippen molar-refractivity contribution in [1.82, 2.24) is 10.6 Å². The second kappa shape index (κ2) is 7.41. The van der Waals surface area contributed by atoms with Gasteiger partial charge in [0.15, 0.2) is 0 Å². The first-order valence-corrected chi connectivity index (χ1v) is 7.69. The summed E-state index contributed by atoms with van der Waals surface area (Å²) in [4.78, 5) is 12.3. The van der Waals surface area contributed by atoms with Gasteiger partial charge >= 0.3 is 0 Å². The Morgan fingerprint density at radius 1 is 1.15 bits per heavy atom. The average molecular weight is 335 g/mol. The van der Waals surface area contributed by atoms with Crippen LogP contribution in [-0.2, 0) is 0 Å². The highest BCUT2D eigenvalue weighted by molar-refractivity contribution is 9.10. The maximum Gasteiger partial charge on any atom is 0.251 e. The quantitative estimate of drug-likeness (QED) is 0.795. The molecule has 106 valence electrons. The number of hydrogen-bond acceptors (Lipinski definition) is 2.